The Bertz CT molecular complexity index is 497. The summed E-state index contributed by atoms with van der Waals surface area (Å²) in [7, 11) is 1.85. The van der Waals surface area contributed by atoms with Gasteiger partial charge in [-0.3, -0.25) is 0 Å². The molecular formula is C8H8Cl2N6. The van der Waals surface area contributed by atoms with Crippen LogP contribution in [0.3, 0.4) is 0 Å². The zero-order chi connectivity index (χ0) is 11.5. The lowest BCUT2D eigenvalue weighted by atomic mass is 10.5. The number of rotatable bonds is 3. The molecular weight excluding hydrogens is 251 g/mol. The summed E-state index contributed by atoms with van der Waals surface area (Å²) in [4.78, 5) is 7.71. The van der Waals surface area contributed by atoms with E-state index in [1.54, 1.807) is 10.9 Å². The Kier molecular flexibility index (Phi) is 3.21. The molecule has 2 heterocycles. The zero-order valence-electron chi connectivity index (χ0n) is 8.35. The van der Waals surface area contributed by atoms with Crippen LogP contribution in [0.4, 0.5) is 5.82 Å². The van der Waals surface area contributed by atoms with Gasteiger partial charge in [0.1, 0.15) is 17.2 Å². The molecule has 16 heavy (non-hydrogen) atoms. The summed E-state index contributed by atoms with van der Waals surface area (Å²) in [5.74, 6) is 1.25. The van der Waals surface area contributed by atoms with E-state index in [2.05, 4.69) is 25.5 Å². The third kappa shape index (κ3) is 2.40. The normalized spacial score (nSPS) is 10.4. The minimum absolute atomic E-state index is 0.143. The monoisotopic (exact) mass is 258 g/mol. The van der Waals surface area contributed by atoms with Gasteiger partial charge in [0.25, 0.3) is 0 Å². The van der Waals surface area contributed by atoms with Crippen molar-refractivity contribution in [2.75, 3.05) is 5.32 Å². The minimum atomic E-state index is 0.143. The molecule has 84 valence electrons. The number of aromatic nitrogens is 5. The third-order valence-electron chi connectivity index (χ3n) is 1.93. The first-order valence-corrected chi connectivity index (χ1v) is 5.17. The zero-order valence-corrected chi connectivity index (χ0v) is 9.87. The number of nitrogens with zero attached hydrogens (tertiary/aromatic N) is 5. The summed E-state index contributed by atoms with van der Waals surface area (Å²) in [6, 6.07) is 0. The van der Waals surface area contributed by atoms with Gasteiger partial charge in [-0.25, -0.2) is 4.98 Å². The van der Waals surface area contributed by atoms with Gasteiger partial charge in [0.15, 0.2) is 5.82 Å². The topological polar surface area (TPSA) is 68.5 Å². The van der Waals surface area contributed by atoms with E-state index in [1.807, 2.05) is 7.05 Å². The van der Waals surface area contributed by atoms with Crippen molar-refractivity contribution >= 4 is 29.0 Å². The molecule has 0 atom stereocenters. The van der Waals surface area contributed by atoms with Gasteiger partial charge in [-0.05, 0) is 11.6 Å². The summed E-state index contributed by atoms with van der Waals surface area (Å²) < 4.78 is 1.80. The van der Waals surface area contributed by atoms with Gasteiger partial charge >= 0.3 is 0 Å². The molecule has 2 rings (SSSR count). The summed E-state index contributed by atoms with van der Waals surface area (Å²) in [6.07, 6.45) is 3.06. The molecule has 0 amide bonds. The van der Waals surface area contributed by atoms with Crippen molar-refractivity contribution in [2.24, 2.45) is 7.05 Å². The fraction of sp³-hybridized carbons (Fsp3) is 0.250. The summed E-state index contributed by atoms with van der Waals surface area (Å²) in [5, 5.41) is 11.2. The molecule has 0 aliphatic heterocycles. The molecule has 0 radical (unpaired) electrons. The van der Waals surface area contributed by atoms with Gasteiger partial charge < -0.3 is 9.88 Å². The standard InChI is InChI=1S/C8H8Cl2N6/c1-16-4-13-15-6(16)3-11-7-5(9)2-12-8(10)14-7/h2,4H,3H2,1H3,(H,11,12,14). The lowest BCUT2D eigenvalue weighted by Crippen LogP contribution is -2.07. The fourth-order valence-corrected chi connectivity index (χ4v) is 1.39. The highest BCUT2D eigenvalue weighted by Crippen LogP contribution is 2.19. The lowest BCUT2D eigenvalue weighted by Gasteiger charge is -2.06. The molecule has 8 heteroatoms. The molecule has 2 aromatic heterocycles. The van der Waals surface area contributed by atoms with Crippen molar-refractivity contribution in [3.05, 3.63) is 28.7 Å². The predicted octanol–water partition coefficient (Wildman–Crippen LogP) is 1.52. The molecule has 0 aliphatic rings. The van der Waals surface area contributed by atoms with E-state index in [9.17, 15) is 0 Å². The number of anilines is 1. The van der Waals surface area contributed by atoms with Gasteiger partial charge in [0.05, 0.1) is 12.7 Å². The molecule has 0 aliphatic carbocycles. The van der Waals surface area contributed by atoms with Crippen LogP contribution in [0.25, 0.3) is 0 Å². The molecule has 6 nitrogen and oxygen atoms in total. The number of aryl methyl sites for hydroxylation is 1. The van der Waals surface area contributed by atoms with Crippen LogP contribution in [0.1, 0.15) is 5.82 Å². The van der Waals surface area contributed by atoms with E-state index in [0.717, 1.165) is 5.82 Å². The number of hydrogen-bond acceptors (Lipinski definition) is 5. The second-order valence-corrected chi connectivity index (χ2v) is 3.79. The number of hydrogen-bond donors (Lipinski definition) is 1. The van der Waals surface area contributed by atoms with Crippen LogP contribution >= 0.6 is 23.2 Å². The predicted molar refractivity (Wildman–Crippen MR) is 60.4 cm³/mol. The van der Waals surface area contributed by atoms with E-state index >= 15 is 0 Å². The van der Waals surface area contributed by atoms with E-state index in [4.69, 9.17) is 23.2 Å². The highest BCUT2D eigenvalue weighted by Gasteiger charge is 2.05. The molecule has 0 fully saturated rings. The van der Waals surface area contributed by atoms with Gasteiger partial charge in [0, 0.05) is 7.05 Å². The highest BCUT2D eigenvalue weighted by molar-refractivity contribution is 6.33. The summed E-state index contributed by atoms with van der Waals surface area (Å²) >= 11 is 11.5. The first-order valence-electron chi connectivity index (χ1n) is 4.41. The lowest BCUT2D eigenvalue weighted by molar-refractivity contribution is 0.810. The molecule has 2 aromatic rings. The first-order chi connectivity index (χ1) is 7.66. The van der Waals surface area contributed by atoms with Crippen LogP contribution in [0, 0.1) is 0 Å². The Morgan fingerprint density at radius 2 is 2.25 bits per heavy atom. The highest BCUT2D eigenvalue weighted by atomic mass is 35.5. The van der Waals surface area contributed by atoms with Crippen molar-refractivity contribution in [2.45, 2.75) is 6.54 Å². The largest absolute Gasteiger partial charge is 0.361 e. The molecule has 0 unspecified atom stereocenters. The van der Waals surface area contributed by atoms with E-state index < -0.39 is 0 Å². The van der Waals surface area contributed by atoms with E-state index in [-0.39, 0.29) is 5.28 Å². The van der Waals surface area contributed by atoms with Crippen molar-refractivity contribution < 1.29 is 0 Å². The van der Waals surface area contributed by atoms with Crippen molar-refractivity contribution in [1.29, 1.82) is 0 Å². The summed E-state index contributed by atoms with van der Waals surface area (Å²) in [5.41, 5.74) is 0. The Balaban J connectivity index is 2.10. The van der Waals surface area contributed by atoms with Crippen LogP contribution in [0.15, 0.2) is 12.5 Å². The second-order valence-electron chi connectivity index (χ2n) is 3.05. The first kappa shape index (κ1) is 11.1. The van der Waals surface area contributed by atoms with Crippen molar-refractivity contribution in [1.82, 2.24) is 24.7 Å². The van der Waals surface area contributed by atoms with Crippen LogP contribution in [-0.2, 0) is 13.6 Å². The van der Waals surface area contributed by atoms with Gasteiger partial charge in [0.2, 0.25) is 5.28 Å². The second kappa shape index (κ2) is 4.63. The quantitative estimate of drug-likeness (QED) is 0.846. The average Bonchev–Trinajstić information content (AvgIpc) is 2.66. The smallest absolute Gasteiger partial charge is 0.224 e. The van der Waals surface area contributed by atoms with Gasteiger partial charge in [-0.1, -0.05) is 11.6 Å². The molecule has 0 spiro atoms. The maximum absolute atomic E-state index is 5.89. The van der Waals surface area contributed by atoms with Crippen LogP contribution in [0.2, 0.25) is 10.3 Å². The van der Waals surface area contributed by atoms with Crippen LogP contribution < -0.4 is 5.32 Å². The van der Waals surface area contributed by atoms with Crippen molar-refractivity contribution in [3.8, 4) is 0 Å². The van der Waals surface area contributed by atoms with Crippen molar-refractivity contribution in [3.63, 3.8) is 0 Å². The molecule has 0 saturated carbocycles. The van der Waals surface area contributed by atoms with E-state index in [1.165, 1.54) is 6.20 Å². The maximum Gasteiger partial charge on any atom is 0.224 e. The SMILES string of the molecule is Cn1cnnc1CNc1nc(Cl)ncc1Cl. The number of halogens is 2. The van der Waals surface area contributed by atoms with Gasteiger partial charge in [-0.15, -0.1) is 10.2 Å². The Morgan fingerprint density at radius 3 is 2.94 bits per heavy atom. The summed E-state index contributed by atoms with van der Waals surface area (Å²) in [6.45, 7) is 0.462. The minimum Gasteiger partial charge on any atom is -0.361 e. The third-order valence-corrected chi connectivity index (χ3v) is 2.39. The van der Waals surface area contributed by atoms with Crippen LogP contribution in [0.5, 0.6) is 0 Å². The molecule has 1 N–H and O–H groups in total. The Morgan fingerprint density at radius 1 is 1.44 bits per heavy atom. The van der Waals surface area contributed by atoms with E-state index in [0.29, 0.717) is 17.4 Å². The van der Waals surface area contributed by atoms with Crippen LogP contribution in [-0.4, -0.2) is 24.7 Å². The molecule has 0 aromatic carbocycles. The van der Waals surface area contributed by atoms with Gasteiger partial charge in [-0.2, -0.15) is 4.98 Å². The Hall–Kier alpha value is -1.40. The fourth-order valence-electron chi connectivity index (χ4n) is 1.10. The number of nitrogens with one attached hydrogen (secondary N) is 1. The molecule has 0 bridgehead atoms. The average molecular weight is 259 g/mol. The maximum atomic E-state index is 5.89. The Labute approximate surface area is 102 Å². The molecule has 0 saturated heterocycles.